The molecule has 2 aliphatic heterocycles. The molecule has 2 aliphatic rings. The van der Waals surface area contributed by atoms with Crippen molar-refractivity contribution in [1.82, 2.24) is 0 Å². The fraction of sp³-hybridized carbons (Fsp3) is 0.889. The molecule has 2 fully saturated rings. The minimum Gasteiger partial charge on any atom is -0.466 e. The lowest BCUT2D eigenvalue weighted by Crippen LogP contribution is -2.35. The molecule has 0 N–H and O–H groups in total. The zero-order valence-corrected chi connectivity index (χ0v) is 8.97. The van der Waals surface area contributed by atoms with Crippen molar-refractivity contribution >= 4 is 17.6 Å². The molecule has 0 amide bonds. The smallest absolute Gasteiger partial charge is 0.357 e. The number of rotatable bonds is 2. The van der Waals surface area contributed by atoms with Crippen LogP contribution in [0.5, 0.6) is 0 Å². The summed E-state index contributed by atoms with van der Waals surface area (Å²) in [5, 5.41) is -1.31. The van der Waals surface area contributed by atoms with E-state index < -0.39 is 16.6 Å². The van der Waals surface area contributed by atoms with Gasteiger partial charge in [-0.15, -0.1) is 0 Å². The summed E-state index contributed by atoms with van der Waals surface area (Å²) in [6.45, 7) is 3.00. The van der Waals surface area contributed by atoms with Crippen LogP contribution in [0.2, 0.25) is 0 Å². The first kappa shape index (κ1) is 10.2. The van der Waals surface area contributed by atoms with Gasteiger partial charge in [0, 0.05) is 5.92 Å². The first-order valence-electron chi connectivity index (χ1n) is 4.66. The topological polar surface area (TPSA) is 48.1 Å². The standard InChI is InChI=1S/C9H13ClO4/c1-3-6-4-13-5-8(6)9(10,14-8)7(11)12-2/h6H,3-5H2,1-2H3. The van der Waals surface area contributed by atoms with Crippen LogP contribution < -0.4 is 0 Å². The van der Waals surface area contributed by atoms with Crippen molar-refractivity contribution in [3.05, 3.63) is 0 Å². The van der Waals surface area contributed by atoms with Gasteiger partial charge < -0.3 is 14.2 Å². The Morgan fingerprint density at radius 1 is 1.71 bits per heavy atom. The average molecular weight is 221 g/mol. The van der Waals surface area contributed by atoms with E-state index in [4.69, 9.17) is 21.1 Å². The highest BCUT2D eigenvalue weighted by Crippen LogP contribution is 2.59. The summed E-state index contributed by atoms with van der Waals surface area (Å²) in [4.78, 5) is 11.4. The van der Waals surface area contributed by atoms with Crippen molar-refractivity contribution in [3.63, 3.8) is 0 Å². The molecule has 0 saturated carbocycles. The zero-order chi connectivity index (χ0) is 10.4. The van der Waals surface area contributed by atoms with Crippen LogP contribution in [0.25, 0.3) is 0 Å². The molecule has 1 spiro atoms. The number of carbonyl (C=O) groups excluding carboxylic acids is 1. The molecular formula is C9H13ClO4. The lowest BCUT2D eigenvalue weighted by atomic mass is 9.90. The lowest BCUT2D eigenvalue weighted by Gasteiger charge is -2.12. The molecule has 0 aliphatic carbocycles. The zero-order valence-electron chi connectivity index (χ0n) is 8.21. The van der Waals surface area contributed by atoms with Gasteiger partial charge in [-0.25, -0.2) is 4.79 Å². The van der Waals surface area contributed by atoms with Gasteiger partial charge in [-0.05, 0) is 6.42 Å². The number of halogens is 1. The van der Waals surface area contributed by atoms with E-state index in [0.29, 0.717) is 13.2 Å². The predicted molar refractivity (Wildman–Crippen MR) is 49.0 cm³/mol. The van der Waals surface area contributed by atoms with E-state index in [2.05, 4.69) is 4.74 Å². The Balaban J connectivity index is 2.18. The predicted octanol–water partition coefficient (Wildman–Crippen LogP) is 0.920. The van der Waals surface area contributed by atoms with Crippen LogP contribution in [-0.2, 0) is 19.0 Å². The van der Waals surface area contributed by atoms with Gasteiger partial charge in [0.2, 0.25) is 0 Å². The molecule has 0 bridgehead atoms. The molecule has 0 radical (unpaired) electrons. The summed E-state index contributed by atoms with van der Waals surface area (Å²) >= 11 is 6.05. The Labute approximate surface area is 87.5 Å². The summed E-state index contributed by atoms with van der Waals surface area (Å²) in [5.74, 6) is -0.345. The monoisotopic (exact) mass is 220 g/mol. The van der Waals surface area contributed by atoms with Crippen molar-refractivity contribution in [2.24, 2.45) is 5.92 Å². The van der Waals surface area contributed by atoms with Gasteiger partial charge in [-0.2, -0.15) is 0 Å². The van der Waals surface area contributed by atoms with Crippen LogP contribution in [-0.4, -0.2) is 37.0 Å². The van der Waals surface area contributed by atoms with Crippen molar-refractivity contribution in [3.8, 4) is 0 Å². The number of alkyl halides is 1. The molecule has 2 heterocycles. The largest absolute Gasteiger partial charge is 0.466 e. The number of ether oxygens (including phenoxy) is 3. The van der Waals surface area contributed by atoms with E-state index in [9.17, 15) is 4.79 Å². The quantitative estimate of drug-likeness (QED) is 0.395. The molecule has 80 valence electrons. The maximum absolute atomic E-state index is 11.4. The van der Waals surface area contributed by atoms with Gasteiger partial charge in [-0.1, -0.05) is 18.5 Å². The molecule has 0 aromatic carbocycles. The second-order valence-electron chi connectivity index (χ2n) is 3.70. The summed E-state index contributed by atoms with van der Waals surface area (Å²) < 4.78 is 15.3. The van der Waals surface area contributed by atoms with Crippen LogP contribution in [0, 0.1) is 5.92 Å². The van der Waals surface area contributed by atoms with E-state index in [1.807, 2.05) is 6.92 Å². The highest BCUT2D eigenvalue weighted by molar-refractivity contribution is 6.36. The van der Waals surface area contributed by atoms with E-state index >= 15 is 0 Å². The average Bonchev–Trinajstić information content (AvgIpc) is 2.61. The van der Waals surface area contributed by atoms with Gasteiger partial charge >= 0.3 is 5.97 Å². The molecule has 3 unspecified atom stereocenters. The molecule has 4 nitrogen and oxygen atoms in total. The van der Waals surface area contributed by atoms with E-state index in [0.717, 1.165) is 6.42 Å². The van der Waals surface area contributed by atoms with Crippen molar-refractivity contribution in [2.75, 3.05) is 20.3 Å². The summed E-state index contributed by atoms with van der Waals surface area (Å²) in [7, 11) is 1.30. The number of hydrogen-bond acceptors (Lipinski definition) is 4. The second kappa shape index (κ2) is 3.08. The van der Waals surface area contributed by atoms with Crippen LogP contribution in [0.4, 0.5) is 0 Å². The molecule has 0 aromatic heterocycles. The Hall–Kier alpha value is -0.320. The minimum atomic E-state index is -1.31. The number of hydrogen-bond donors (Lipinski definition) is 0. The first-order chi connectivity index (χ1) is 6.60. The summed E-state index contributed by atoms with van der Waals surface area (Å²) in [5.41, 5.74) is -0.642. The number of methoxy groups -OCH3 is 1. The van der Waals surface area contributed by atoms with Crippen LogP contribution in [0.3, 0.4) is 0 Å². The van der Waals surface area contributed by atoms with E-state index in [-0.39, 0.29) is 5.92 Å². The second-order valence-corrected chi connectivity index (χ2v) is 4.23. The fourth-order valence-corrected chi connectivity index (χ4v) is 2.52. The SMILES string of the molecule is CCC1COCC12OC2(Cl)C(=O)OC. The molecule has 3 atom stereocenters. The molecular weight excluding hydrogens is 208 g/mol. The molecule has 14 heavy (non-hydrogen) atoms. The molecule has 2 rings (SSSR count). The normalized spacial score (nSPS) is 45.5. The Morgan fingerprint density at radius 2 is 2.43 bits per heavy atom. The summed E-state index contributed by atoms with van der Waals surface area (Å²) in [6.07, 6.45) is 0.880. The van der Waals surface area contributed by atoms with Gasteiger partial charge in [0.05, 0.1) is 20.3 Å². The third kappa shape index (κ3) is 1.05. The first-order valence-corrected chi connectivity index (χ1v) is 5.03. The Kier molecular flexibility index (Phi) is 2.25. The lowest BCUT2D eigenvalue weighted by molar-refractivity contribution is -0.143. The highest BCUT2D eigenvalue weighted by atomic mass is 35.5. The van der Waals surface area contributed by atoms with Gasteiger partial charge in [0.1, 0.15) is 0 Å². The molecule has 0 aromatic rings. The molecule has 5 heteroatoms. The van der Waals surface area contributed by atoms with Crippen molar-refractivity contribution in [2.45, 2.75) is 24.0 Å². The van der Waals surface area contributed by atoms with E-state index in [1.165, 1.54) is 7.11 Å². The number of esters is 1. The van der Waals surface area contributed by atoms with Gasteiger partial charge in [-0.3, -0.25) is 0 Å². The van der Waals surface area contributed by atoms with Crippen molar-refractivity contribution < 1.29 is 19.0 Å². The summed E-state index contributed by atoms with van der Waals surface area (Å²) in [6, 6.07) is 0. The van der Waals surface area contributed by atoms with Crippen LogP contribution >= 0.6 is 11.6 Å². The highest BCUT2D eigenvalue weighted by Gasteiger charge is 2.79. The third-order valence-corrected chi connectivity index (χ3v) is 3.61. The van der Waals surface area contributed by atoms with Crippen molar-refractivity contribution in [1.29, 1.82) is 0 Å². The van der Waals surface area contributed by atoms with E-state index in [1.54, 1.807) is 0 Å². The Morgan fingerprint density at radius 3 is 3.00 bits per heavy atom. The van der Waals surface area contributed by atoms with Crippen LogP contribution in [0.15, 0.2) is 0 Å². The van der Waals surface area contributed by atoms with Crippen LogP contribution in [0.1, 0.15) is 13.3 Å². The minimum absolute atomic E-state index is 0.180. The maximum Gasteiger partial charge on any atom is 0.357 e. The number of epoxide rings is 1. The fourth-order valence-electron chi connectivity index (χ4n) is 2.09. The number of carbonyl (C=O) groups is 1. The maximum atomic E-state index is 11.4. The Bertz CT molecular complexity index is 270. The third-order valence-electron chi connectivity index (χ3n) is 3.06. The van der Waals surface area contributed by atoms with Gasteiger partial charge in [0.15, 0.2) is 5.60 Å². The molecule has 2 saturated heterocycles. The van der Waals surface area contributed by atoms with Gasteiger partial charge in [0.25, 0.3) is 5.06 Å².